The molecule has 0 atom stereocenters. The topological polar surface area (TPSA) is 71.6 Å². The van der Waals surface area contributed by atoms with Gasteiger partial charge in [-0.15, -0.1) is 0 Å². The predicted octanol–water partition coefficient (Wildman–Crippen LogP) is 2.88. The van der Waals surface area contributed by atoms with Crippen LogP contribution in [-0.4, -0.2) is 41.8 Å². The summed E-state index contributed by atoms with van der Waals surface area (Å²) in [4.78, 5) is 29.3. The number of rotatable bonds is 6. The molecule has 2 aromatic rings. The van der Waals surface area contributed by atoms with E-state index in [1.165, 1.54) is 6.92 Å². The molecule has 6 heteroatoms. The Morgan fingerprint density at radius 1 is 1.20 bits per heavy atom. The first kappa shape index (κ1) is 17.2. The van der Waals surface area contributed by atoms with Crippen molar-refractivity contribution >= 4 is 11.6 Å². The van der Waals surface area contributed by atoms with Gasteiger partial charge >= 0.3 is 0 Å². The van der Waals surface area contributed by atoms with Crippen LogP contribution in [0.1, 0.15) is 44.6 Å². The Balaban J connectivity index is 1.69. The van der Waals surface area contributed by atoms with Crippen LogP contribution in [0.25, 0.3) is 0 Å². The van der Waals surface area contributed by atoms with Crippen LogP contribution < -0.4 is 9.47 Å². The second-order valence-electron chi connectivity index (χ2n) is 6.46. The molecule has 0 aliphatic carbocycles. The fourth-order valence-electron chi connectivity index (χ4n) is 3.29. The number of H-pyrrole nitrogens is 1. The Labute approximate surface area is 146 Å². The van der Waals surface area contributed by atoms with Crippen molar-refractivity contribution in [2.45, 2.75) is 27.3 Å². The number of ether oxygens (including phenoxy) is 2. The molecule has 6 nitrogen and oxygen atoms in total. The van der Waals surface area contributed by atoms with E-state index in [1.54, 1.807) is 0 Å². The van der Waals surface area contributed by atoms with E-state index < -0.39 is 0 Å². The highest BCUT2D eigenvalue weighted by Crippen LogP contribution is 2.32. The summed E-state index contributed by atoms with van der Waals surface area (Å²) < 4.78 is 10.7. The molecule has 0 unspecified atom stereocenters. The first-order chi connectivity index (χ1) is 11.9. The molecule has 132 valence electrons. The zero-order valence-corrected chi connectivity index (χ0v) is 14.9. The van der Waals surface area contributed by atoms with Gasteiger partial charge in [-0.05, 0) is 51.1 Å². The lowest BCUT2D eigenvalue weighted by molar-refractivity contribution is 0.0937. The molecule has 0 spiro atoms. The van der Waals surface area contributed by atoms with Crippen molar-refractivity contribution in [1.29, 1.82) is 0 Å². The van der Waals surface area contributed by atoms with Gasteiger partial charge in [-0.25, -0.2) is 0 Å². The molecule has 25 heavy (non-hydrogen) atoms. The largest absolute Gasteiger partial charge is 0.454 e. The first-order valence-electron chi connectivity index (χ1n) is 8.17. The van der Waals surface area contributed by atoms with Gasteiger partial charge < -0.3 is 14.5 Å². The molecule has 0 bridgehead atoms. The van der Waals surface area contributed by atoms with Crippen LogP contribution in [0, 0.1) is 13.8 Å². The smallest absolute Gasteiger partial charge is 0.231 e. The Bertz CT molecular complexity index is 838. The minimum atomic E-state index is -0.0312. The SMILES string of the molecule is CC(=O)c1c(C)[nH]c(C(=O)CN(C)Cc2ccc3c(c2)OCO3)c1C. The summed E-state index contributed by atoms with van der Waals surface area (Å²) in [5, 5.41) is 0. The quantitative estimate of drug-likeness (QED) is 0.817. The van der Waals surface area contributed by atoms with Gasteiger partial charge in [0.15, 0.2) is 23.1 Å². The molecule has 1 N–H and O–H groups in total. The van der Waals surface area contributed by atoms with Crippen molar-refractivity contribution in [2.75, 3.05) is 20.4 Å². The van der Waals surface area contributed by atoms with Crippen molar-refractivity contribution < 1.29 is 19.1 Å². The van der Waals surface area contributed by atoms with Gasteiger partial charge in [-0.1, -0.05) is 6.07 Å². The number of nitrogens with one attached hydrogen (secondary N) is 1. The highest BCUT2D eigenvalue weighted by atomic mass is 16.7. The summed E-state index contributed by atoms with van der Waals surface area (Å²) in [5.41, 5.74) is 3.64. The maximum absolute atomic E-state index is 12.6. The Hall–Kier alpha value is -2.60. The zero-order chi connectivity index (χ0) is 18.1. The van der Waals surface area contributed by atoms with Crippen LogP contribution in [0.2, 0.25) is 0 Å². The van der Waals surface area contributed by atoms with E-state index in [4.69, 9.17) is 9.47 Å². The summed E-state index contributed by atoms with van der Waals surface area (Å²) in [6.45, 7) is 6.26. The van der Waals surface area contributed by atoms with E-state index in [-0.39, 0.29) is 24.9 Å². The number of carbonyl (C=O) groups excluding carboxylic acids is 2. The zero-order valence-electron chi connectivity index (χ0n) is 14.9. The van der Waals surface area contributed by atoms with E-state index in [0.717, 1.165) is 28.3 Å². The van der Waals surface area contributed by atoms with E-state index in [2.05, 4.69) is 4.98 Å². The standard InChI is InChI=1S/C19H22N2O4/c1-11-18(13(3)22)12(2)20-19(11)15(23)9-21(4)8-14-5-6-16-17(7-14)25-10-24-16/h5-7,20H,8-10H2,1-4H3. The van der Waals surface area contributed by atoms with Crippen molar-refractivity contribution in [3.8, 4) is 11.5 Å². The molecule has 3 rings (SSSR count). The van der Waals surface area contributed by atoms with E-state index in [1.807, 2.05) is 44.0 Å². The second-order valence-corrected chi connectivity index (χ2v) is 6.46. The van der Waals surface area contributed by atoms with Crippen LogP contribution in [0.15, 0.2) is 18.2 Å². The third-order valence-electron chi connectivity index (χ3n) is 4.37. The maximum atomic E-state index is 12.6. The monoisotopic (exact) mass is 342 g/mol. The van der Waals surface area contributed by atoms with E-state index in [0.29, 0.717) is 17.8 Å². The van der Waals surface area contributed by atoms with Gasteiger partial charge in [0.2, 0.25) is 6.79 Å². The van der Waals surface area contributed by atoms with E-state index >= 15 is 0 Å². The first-order valence-corrected chi connectivity index (χ1v) is 8.17. The highest BCUT2D eigenvalue weighted by molar-refractivity contribution is 6.03. The average molecular weight is 342 g/mol. The molecule has 1 aromatic carbocycles. The fraction of sp³-hybridized carbons (Fsp3) is 0.368. The molecule has 0 radical (unpaired) electrons. The number of likely N-dealkylation sites (N-methyl/N-ethyl adjacent to an activating group) is 1. The highest BCUT2D eigenvalue weighted by Gasteiger charge is 2.21. The molecule has 0 amide bonds. The Kier molecular flexibility index (Phi) is 4.63. The summed E-state index contributed by atoms with van der Waals surface area (Å²) in [6, 6.07) is 5.78. The minimum Gasteiger partial charge on any atom is -0.454 e. The number of fused-ring (bicyclic) bond motifs is 1. The number of hydrogen-bond acceptors (Lipinski definition) is 5. The maximum Gasteiger partial charge on any atom is 0.231 e. The molecular weight excluding hydrogens is 320 g/mol. The molecule has 0 saturated carbocycles. The van der Waals surface area contributed by atoms with Crippen molar-refractivity contribution in [2.24, 2.45) is 0 Å². The third-order valence-corrected chi connectivity index (χ3v) is 4.37. The Morgan fingerprint density at radius 2 is 1.92 bits per heavy atom. The number of nitrogens with zero attached hydrogens (tertiary/aromatic N) is 1. The average Bonchev–Trinajstić information content (AvgIpc) is 3.10. The van der Waals surface area contributed by atoms with Gasteiger partial charge in [0.25, 0.3) is 0 Å². The minimum absolute atomic E-state index is 0.0287. The van der Waals surface area contributed by atoms with Crippen molar-refractivity contribution in [3.05, 3.63) is 46.3 Å². The van der Waals surface area contributed by atoms with Gasteiger partial charge in [-0.2, -0.15) is 0 Å². The predicted molar refractivity (Wildman–Crippen MR) is 93.5 cm³/mol. The summed E-state index contributed by atoms with van der Waals surface area (Å²) in [5.74, 6) is 1.42. The summed E-state index contributed by atoms with van der Waals surface area (Å²) in [7, 11) is 1.89. The molecule has 1 aliphatic heterocycles. The third kappa shape index (κ3) is 3.44. The van der Waals surface area contributed by atoms with Crippen LogP contribution in [0.5, 0.6) is 11.5 Å². The number of carbonyl (C=O) groups is 2. The lowest BCUT2D eigenvalue weighted by Crippen LogP contribution is -2.26. The number of aryl methyl sites for hydroxylation is 1. The number of ketones is 2. The van der Waals surface area contributed by atoms with Crippen molar-refractivity contribution in [1.82, 2.24) is 9.88 Å². The number of aromatic nitrogens is 1. The lowest BCUT2D eigenvalue weighted by Gasteiger charge is -2.16. The molecule has 1 aromatic heterocycles. The fourth-order valence-corrected chi connectivity index (χ4v) is 3.29. The number of aromatic amines is 1. The van der Waals surface area contributed by atoms with Gasteiger partial charge in [0, 0.05) is 17.8 Å². The number of hydrogen-bond donors (Lipinski definition) is 1. The Morgan fingerprint density at radius 3 is 2.60 bits per heavy atom. The van der Waals surface area contributed by atoms with Crippen LogP contribution in [0.3, 0.4) is 0 Å². The van der Waals surface area contributed by atoms with Gasteiger partial charge in [-0.3, -0.25) is 14.5 Å². The normalized spacial score (nSPS) is 12.7. The lowest BCUT2D eigenvalue weighted by atomic mass is 10.1. The molecule has 0 fully saturated rings. The molecule has 2 heterocycles. The summed E-state index contributed by atoms with van der Waals surface area (Å²) in [6.07, 6.45) is 0. The number of Topliss-reactive ketones (excluding diaryl/α,β-unsaturated/α-hetero) is 2. The number of benzene rings is 1. The summed E-state index contributed by atoms with van der Waals surface area (Å²) >= 11 is 0. The van der Waals surface area contributed by atoms with Crippen molar-refractivity contribution in [3.63, 3.8) is 0 Å². The van der Waals surface area contributed by atoms with Crippen LogP contribution in [-0.2, 0) is 6.54 Å². The van der Waals surface area contributed by atoms with Gasteiger partial charge in [0.05, 0.1) is 12.2 Å². The molecular formula is C19H22N2O4. The van der Waals surface area contributed by atoms with E-state index in [9.17, 15) is 9.59 Å². The molecule has 1 aliphatic rings. The molecule has 0 saturated heterocycles. The van der Waals surface area contributed by atoms with Crippen LogP contribution >= 0.6 is 0 Å². The second kappa shape index (κ2) is 6.72. The van der Waals surface area contributed by atoms with Gasteiger partial charge in [0.1, 0.15) is 0 Å². The van der Waals surface area contributed by atoms with Crippen LogP contribution in [0.4, 0.5) is 0 Å².